The summed E-state index contributed by atoms with van der Waals surface area (Å²) in [5.41, 5.74) is 5.76. The predicted octanol–water partition coefficient (Wildman–Crippen LogP) is 4.32. The highest BCUT2D eigenvalue weighted by atomic mass is 32.1. The molecule has 0 aliphatic heterocycles. The van der Waals surface area contributed by atoms with Crippen molar-refractivity contribution in [3.8, 4) is 22.5 Å². The van der Waals surface area contributed by atoms with Gasteiger partial charge in [0.25, 0.3) is 0 Å². The molecule has 4 heteroatoms. The van der Waals surface area contributed by atoms with Gasteiger partial charge in [-0.2, -0.15) is 11.3 Å². The molecule has 0 saturated carbocycles. The van der Waals surface area contributed by atoms with E-state index in [4.69, 9.17) is 0 Å². The van der Waals surface area contributed by atoms with Gasteiger partial charge in [0, 0.05) is 40.2 Å². The fourth-order valence-corrected chi connectivity index (χ4v) is 3.11. The molecule has 3 aromatic heterocycles. The Morgan fingerprint density at radius 2 is 1.90 bits per heavy atom. The number of thiophene rings is 1. The van der Waals surface area contributed by atoms with Gasteiger partial charge in [0.2, 0.25) is 0 Å². The van der Waals surface area contributed by atoms with Gasteiger partial charge in [-0.05, 0) is 43.0 Å². The van der Waals surface area contributed by atoms with Crippen LogP contribution in [0.1, 0.15) is 22.8 Å². The summed E-state index contributed by atoms with van der Waals surface area (Å²) in [5.74, 6) is 0.0836. The van der Waals surface area contributed by atoms with Crippen LogP contribution in [-0.4, -0.2) is 15.8 Å². The molecule has 20 heavy (non-hydrogen) atoms. The first-order chi connectivity index (χ1) is 9.68. The van der Waals surface area contributed by atoms with Crippen LogP contribution in [0.3, 0.4) is 0 Å². The van der Waals surface area contributed by atoms with Crippen molar-refractivity contribution >= 4 is 17.1 Å². The fourth-order valence-electron chi connectivity index (χ4n) is 2.46. The minimum absolute atomic E-state index is 0.0836. The Balaban J connectivity index is 2.24. The Labute approximate surface area is 121 Å². The van der Waals surface area contributed by atoms with Crippen molar-refractivity contribution in [3.05, 3.63) is 52.5 Å². The molecule has 100 valence electrons. The van der Waals surface area contributed by atoms with Gasteiger partial charge in [-0.1, -0.05) is 0 Å². The topological polar surface area (TPSA) is 45.8 Å². The van der Waals surface area contributed by atoms with E-state index in [0.717, 1.165) is 33.6 Å². The van der Waals surface area contributed by atoms with Gasteiger partial charge in [0.05, 0.1) is 5.69 Å². The van der Waals surface area contributed by atoms with Crippen LogP contribution in [0.5, 0.6) is 0 Å². The predicted molar refractivity (Wildman–Crippen MR) is 82.1 cm³/mol. The lowest BCUT2D eigenvalue weighted by Gasteiger charge is -2.00. The summed E-state index contributed by atoms with van der Waals surface area (Å²) in [6.45, 7) is 3.60. The average Bonchev–Trinajstić information content (AvgIpc) is 3.06. The number of Topliss-reactive ketones (excluding diaryl/α,β-unsaturated/α-hetero) is 1. The number of nitrogens with zero attached hydrogens (tertiary/aromatic N) is 1. The molecule has 0 unspecified atom stereocenters. The first kappa shape index (κ1) is 12.8. The summed E-state index contributed by atoms with van der Waals surface area (Å²) in [7, 11) is 0. The number of carbonyl (C=O) groups excluding carboxylic acids is 1. The Morgan fingerprint density at radius 3 is 2.50 bits per heavy atom. The molecule has 0 spiro atoms. The Kier molecular flexibility index (Phi) is 3.24. The van der Waals surface area contributed by atoms with E-state index >= 15 is 0 Å². The van der Waals surface area contributed by atoms with Gasteiger partial charge in [-0.15, -0.1) is 0 Å². The van der Waals surface area contributed by atoms with E-state index in [-0.39, 0.29) is 5.78 Å². The zero-order valence-electron chi connectivity index (χ0n) is 11.3. The van der Waals surface area contributed by atoms with E-state index in [9.17, 15) is 4.79 Å². The first-order valence-electron chi connectivity index (χ1n) is 6.35. The third-order valence-corrected chi connectivity index (χ3v) is 4.06. The van der Waals surface area contributed by atoms with Gasteiger partial charge in [-0.3, -0.25) is 9.78 Å². The normalized spacial score (nSPS) is 10.7. The van der Waals surface area contributed by atoms with Crippen molar-refractivity contribution < 1.29 is 4.79 Å². The van der Waals surface area contributed by atoms with Gasteiger partial charge >= 0.3 is 0 Å². The summed E-state index contributed by atoms with van der Waals surface area (Å²) in [5, 5.41) is 4.07. The molecule has 0 aliphatic rings. The highest BCUT2D eigenvalue weighted by Gasteiger charge is 2.19. The third kappa shape index (κ3) is 2.08. The maximum atomic E-state index is 12.0. The molecular weight excluding hydrogens is 268 g/mol. The van der Waals surface area contributed by atoms with Crippen LogP contribution in [-0.2, 0) is 0 Å². The molecule has 0 aliphatic carbocycles. The van der Waals surface area contributed by atoms with Crippen LogP contribution in [0.15, 0.2) is 41.4 Å². The number of hydrogen-bond acceptors (Lipinski definition) is 3. The van der Waals surface area contributed by atoms with Crippen molar-refractivity contribution in [2.75, 3.05) is 0 Å². The Bertz CT molecular complexity index is 742. The van der Waals surface area contributed by atoms with Crippen molar-refractivity contribution in [2.45, 2.75) is 13.8 Å². The molecule has 0 amide bonds. The van der Waals surface area contributed by atoms with Gasteiger partial charge in [0.1, 0.15) is 0 Å². The van der Waals surface area contributed by atoms with E-state index in [0.29, 0.717) is 0 Å². The Hall–Kier alpha value is -2.20. The number of ketones is 1. The van der Waals surface area contributed by atoms with Crippen molar-refractivity contribution in [1.29, 1.82) is 0 Å². The summed E-state index contributed by atoms with van der Waals surface area (Å²) >= 11 is 1.62. The number of aromatic nitrogens is 2. The molecule has 0 fully saturated rings. The molecule has 0 bridgehead atoms. The number of H-pyrrole nitrogens is 1. The minimum atomic E-state index is 0.0836. The van der Waals surface area contributed by atoms with Gasteiger partial charge in [0.15, 0.2) is 5.78 Å². The molecular formula is C16H14N2OS. The number of rotatable bonds is 3. The quantitative estimate of drug-likeness (QED) is 0.727. The minimum Gasteiger partial charge on any atom is -0.354 e. The average molecular weight is 282 g/mol. The smallest absolute Gasteiger partial charge is 0.162 e. The molecule has 3 nitrogen and oxygen atoms in total. The maximum Gasteiger partial charge on any atom is 0.162 e. The molecule has 0 aromatic carbocycles. The second kappa shape index (κ2) is 5.06. The highest BCUT2D eigenvalue weighted by Crippen LogP contribution is 2.34. The van der Waals surface area contributed by atoms with E-state index in [1.54, 1.807) is 30.7 Å². The summed E-state index contributed by atoms with van der Waals surface area (Å²) in [6, 6.07) is 5.92. The standard InChI is InChI=1S/C16H14N2OS/c1-10-14(11(2)19)16(13-5-8-20-9-13)18-15(10)12-3-6-17-7-4-12/h3-9,18H,1-2H3. The largest absolute Gasteiger partial charge is 0.354 e. The van der Waals surface area contributed by atoms with Gasteiger partial charge < -0.3 is 4.98 Å². The number of hydrogen-bond donors (Lipinski definition) is 1. The molecule has 0 radical (unpaired) electrons. The van der Waals surface area contributed by atoms with Crippen LogP contribution in [0.2, 0.25) is 0 Å². The number of carbonyl (C=O) groups is 1. The summed E-state index contributed by atoms with van der Waals surface area (Å²) in [4.78, 5) is 19.4. The maximum absolute atomic E-state index is 12.0. The second-order valence-electron chi connectivity index (χ2n) is 4.68. The zero-order chi connectivity index (χ0) is 14.1. The lowest BCUT2D eigenvalue weighted by atomic mass is 10.0. The lowest BCUT2D eigenvalue weighted by molar-refractivity contribution is 0.101. The second-order valence-corrected chi connectivity index (χ2v) is 5.46. The molecule has 3 heterocycles. The van der Waals surface area contributed by atoms with Crippen LogP contribution < -0.4 is 0 Å². The zero-order valence-corrected chi connectivity index (χ0v) is 12.1. The summed E-state index contributed by atoms with van der Waals surface area (Å²) in [6.07, 6.45) is 3.51. The van der Waals surface area contributed by atoms with Crippen LogP contribution >= 0.6 is 11.3 Å². The molecule has 1 N–H and O–H groups in total. The number of pyridine rings is 1. The molecule has 3 aromatic rings. The van der Waals surface area contributed by atoms with Gasteiger partial charge in [-0.25, -0.2) is 0 Å². The lowest BCUT2D eigenvalue weighted by Crippen LogP contribution is -1.95. The molecule has 3 rings (SSSR count). The van der Waals surface area contributed by atoms with Crippen LogP contribution in [0, 0.1) is 6.92 Å². The first-order valence-corrected chi connectivity index (χ1v) is 7.29. The highest BCUT2D eigenvalue weighted by molar-refractivity contribution is 7.08. The Morgan fingerprint density at radius 1 is 1.15 bits per heavy atom. The van der Waals surface area contributed by atoms with E-state index < -0.39 is 0 Å². The number of nitrogens with one attached hydrogen (secondary N) is 1. The van der Waals surface area contributed by atoms with Crippen LogP contribution in [0.4, 0.5) is 0 Å². The van der Waals surface area contributed by atoms with Crippen molar-refractivity contribution in [2.24, 2.45) is 0 Å². The number of aromatic amines is 1. The van der Waals surface area contributed by atoms with Crippen LogP contribution in [0.25, 0.3) is 22.5 Å². The van der Waals surface area contributed by atoms with E-state index in [2.05, 4.69) is 9.97 Å². The van der Waals surface area contributed by atoms with Crippen molar-refractivity contribution in [3.63, 3.8) is 0 Å². The molecule has 0 saturated heterocycles. The summed E-state index contributed by atoms with van der Waals surface area (Å²) < 4.78 is 0. The SMILES string of the molecule is CC(=O)c1c(-c2ccsc2)[nH]c(-c2ccncc2)c1C. The van der Waals surface area contributed by atoms with E-state index in [1.807, 2.05) is 35.9 Å². The van der Waals surface area contributed by atoms with Crippen molar-refractivity contribution in [1.82, 2.24) is 9.97 Å². The third-order valence-electron chi connectivity index (χ3n) is 3.38. The van der Waals surface area contributed by atoms with E-state index in [1.165, 1.54) is 0 Å². The fraction of sp³-hybridized carbons (Fsp3) is 0.125. The monoisotopic (exact) mass is 282 g/mol. The molecule has 0 atom stereocenters.